The monoisotopic (exact) mass is 426 g/mol. The van der Waals surface area contributed by atoms with Gasteiger partial charge in [0.1, 0.15) is 0 Å². The van der Waals surface area contributed by atoms with Crippen molar-refractivity contribution in [3.63, 3.8) is 0 Å². The van der Waals surface area contributed by atoms with Crippen LogP contribution in [0.25, 0.3) is 0 Å². The van der Waals surface area contributed by atoms with E-state index in [1.54, 1.807) is 12.4 Å². The number of carbonyl (C=O) groups excluding carboxylic acids is 1. The average Bonchev–Trinajstić information content (AvgIpc) is 2.73. The second kappa shape index (κ2) is 13.5. The second-order valence-electron chi connectivity index (χ2n) is 7.60. The molecule has 9 heteroatoms. The van der Waals surface area contributed by atoms with E-state index in [0.29, 0.717) is 32.0 Å². The Bertz CT molecular complexity index is 679. The number of carbonyl (C=O) groups is 1. The highest BCUT2D eigenvalue weighted by Gasteiger charge is 2.15. The van der Waals surface area contributed by atoms with Crippen LogP contribution in [0.1, 0.15) is 63.4 Å². The van der Waals surface area contributed by atoms with Crippen molar-refractivity contribution in [1.29, 1.82) is 0 Å². The molecule has 1 heterocycles. The van der Waals surface area contributed by atoms with Crippen molar-refractivity contribution in [3.8, 4) is 0 Å². The normalized spacial score (nSPS) is 15.2. The van der Waals surface area contributed by atoms with E-state index in [2.05, 4.69) is 20.5 Å². The molecule has 1 aliphatic rings. The van der Waals surface area contributed by atoms with Crippen LogP contribution in [0.5, 0.6) is 0 Å². The van der Waals surface area contributed by atoms with E-state index >= 15 is 0 Å². The Morgan fingerprint density at radius 1 is 1.03 bits per heavy atom. The van der Waals surface area contributed by atoms with Crippen molar-refractivity contribution in [2.75, 3.05) is 18.9 Å². The first kappa shape index (κ1) is 23.6. The molecule has 1 aromatic rings. The van der Waals surface area contributed by atoms with Gasteiger partial charge in [-0.25, -0.2) is 13.2 Å². The summed E-state index contributed by atoms with van der Waals surface area (Å²) in [5.41, 5.74) is 0.993. The molecule has 0 radical (unpaired) electrons. The smallest absolute Gasteiger partial charge is 0.315 e. The summed E-state index contributed by atoms with van der Waals surface area (Å²) < 4.78 is 23.9. The summed E-state index contributed by atoms with van der Waals surface area (Å²) in [5.74, 6) is 0.540. The molecule has 29 heavy (non-hydrogen) atoms. The highest BCUT2D eigenvalue weighted by Crippen LogP contribution is 2.23. The minimum atomic E-state index is -3.38. The van der Waals surface area contributed by atoms with E-state index in [9.17, 15) is 13.2 Å². The van der Waals surface area contributed by atoms with Crippen molar-refractivity contribution < 1.29 is 18.0 Å². The van der Waals surface area contributed by atoms with Crippen molar-refractivity contribution in [2.45, 2.75) is 64.3 Å². The lowest BCUT2D eigenvalue weighted by Crippen LogP contribution is -2.35. The van der Waals surface area contributed by atoms with Gasteiger partial charge in [0, 0.05) is 25.5 Å². The molecule has 0 saturated heterocycles. The summed E-state index contributed by atoms with van der Waals surface area (Å²) in [4.78, 5) is 23.1. The van der Waals surface area contributed by atoms with Gasteiger partial charge in [0.25, 0.3) is 0 Å². The van der Waals surface area contributed by atoms with Gasteiger partial charge in [0.2, 0.25) is 10.0 Å². The summed E-state index contributed by atoms with van der Waals surface area (Å²) >= 11 is 0. The van der Waals surface area contributed by atoms with Gasteiger partial charge in [0.05, 0.1) is 12.4 Å². The number of urea groups is 1. The number of hydrogen-bond acceptors (Lipinski definition) is 5. The fourth-order valence-electron chi connectivity index (χ4n) is 3.36. The number of amides is 2. The predicted molar refractivity (Wildman–Crippen MR) is 112 cm³/mol. The number of rotatable bonds is 13. The number of pyridine rings is 1. The Hall–Kier alpha value is -1.71. The summed E-state index contributed by atoms with van der Waals surface area (Å²) in [5, 5.41) is 5.59. The second-order valence-corrected chi connectivity index (χ2v) is 9.40. The molecule has 164 valence electrons. The molecule has 8 nitrogen and oxygen atoms in total. The van der Waals surface area contributed by atoms with Crippen LogP contribution in [-0.4, -0.2) is 38.3 Å². The van der Waals surface area contributed by atoms with Crippen LogP contribution >= 0.6 is 0 Å². The minimum Gasteiger partial charge on any atom is -0.338 e. The molecule has 0 atom stereocenters. The van der Waals surface area contributed by atoms with Crippen LogP contribution < -0.4 is 15.5 Å². The number of nitrogens with one attached hydrogen (secondary N) is 3. The molecule has 1 aromatic heterocycles. The molecule has 1 saturated carbocycles. The Balaban J connectivity index is 1.42. The molecule has 0 unspecified atom stereocenters. The molecule has 1 fully saturated rings. The van der Waals surface area contributed by atoms with Crippen LogP contribution in [0, 0.1) is 5.92 Å². The summed E-state index contributed by atoms with van der Waals surface area (Å²) in [7, 11) is -3.38. The van der Waals surface area contributed by atoms with E-state index in [1.807, 2.05) is 12.1 Å². The Kier molecular flexibility index (Phi) is 11.0. The van der Waals surface area contributed by atoms with Crippen LogP contribution in [0.4, 0.5) is 4.79 Å². The number of hydrogen-bond donors (Lipinski definition) is 3. The zero-order valence-corrected chi connectivity index (χ0v) is 17.9. The van der Waals surface area contributed by atoms with Crippen LogP contribution in [0.15, 0.2) is 24.5 Å². The SMILES string of the molecule is O=C(NCCCCCCS(=O)(=O)NOCC1CCCCC1)NCc1ccncc1. The van der Waals surface area contributed by atoms with Gasteiger partial charge in [-0.2, -0.15) is 0 Å². The molecule has 2 amide bonds. The fourth-order valence-corrected chi connectivity index (χ4v) is 4.27. The lowest BCUT2D eigenvalue weighted by molar-refractivity contribution is 0.0519. The largest absolute Gasteiger partial charge is 0.338 e. The van der Waals surface area contributed by atoms with Crippen LogP contribution in [0.2, 0.25) is 0 Å². The van der Waals surface area contributed by atoms with Gasteiger partial charge < -0.3 is 10.6 Å². The van der Waals surface area contributed by atoms with Crippen molar-refractivity contribution >= 4 is 16.1 Å². The number of aromatic nitrogens is 1. The van der Waals surface area contributed by atoms with E-state index in [0.717, 1.165) is 37.7 Å². The summed E-state index contributed by atoms with van der Waals surface area (Å²) in [6.45, 7) is 1.49. The quantitative estimate of drug-likeness (QED) is 0.332. The van der Waals surface area contributed by atoms with E-state index in [1.165, 1.54) is 19.3 Å². The molecular formula is C20H34N4O4S. The topological polar surface area (TPSA) is 109 Å². The number of sulfonamides is 1. The standard InChI is InChI=1S/C20H34N4O4S/c25-20(23-16-18-10-13-21-14-11-18)22-12-6-1-2-7-15-29(26,27)24-28-17-19-8-4-3-5-9-19/h10-11,13-14,19,24H,1-9,12,15-17H2,(H2,22,23,25). The summed E-state index contributed by atoms with van der Waals surface area (Å²) in [6.07, 6.45) is 12.4. The van der Waals surface area contributed by atoms with Gasteiger partial charge in [-0.1, -0.05) is 37.0 Å². The maximum absolute atomic E-state index is 11.9. The first-order valence-corrected chi connectivity index (χ1v) is 12.2. The Morgan fingerprint density at radius 2 is 1.76 bits per heavy atom. The maximum Gasteiger partial charge on any atom is 0.315 e. The third kappa shape index (κ3) is 11.2. The van der Waals surface area contributed by atoms with Gasteiger partial charge in [0.15, 0.2) is 0 Å². The Morgan fingerprint density at radius 3 is 2.52 bits per heavy atom. The fraction of sp³-hybridized carbons (Fsp3) is 0.700. The molecule has 2 rings (SSSR count). The molecular weight excluding hydrogens is 392 g/mol. The van der Waals surface area contributed by atoms with E-state index < -0.39 is 10.0 Å². The molecule has 0 aromatic carbocycles. The van der Waals surface area contributed by atoms with Crippen molar-refractivity contribution in [2.24, 2.45) is 5.92 Å². The molecule has 0 bridgehead atoms. The van der Waals surface area contributed by atoms with Gasteiger partial charge in [-0.15, -0.1) is 0 Å². The highest BCUT2D eigenvalue weighted by atomic mass is 32.2. The minimum absolute atomic E-state index is 0.0670. The summed E-state index contributed by atoms with van der Waals surface area (Å²) in [6, 6.07) is 3.50. The third-order valence-electron chi connectivity index (χ3n) is 5.06. The van der Waals surface area contributed by atoms with Crippen LogP contribution in [0.3, 0.4) is 0 Å². The molecule has 3 N–H and O–H groups in total. The highest BCUT2D eigenvalue weighted by molar-refractivity contribution is 7.89. The van der Waals surface area contributed by atoms with Crippen molar-refractivity contribution in [3.05, 3.63) is 30.1 Å². The predicted octanol–water partition coefficient (Wildman–Crippen LogP) is 2.87. The molecule has 0 aliphatic heterocycles. The number of nitrogens with zero attached hydrogens (tertiary/aromatic N) is 1. The van der Waals surface area contributed by atoms with Gasteiger partial charge in [-0.05, 0) is 49.3 Å². The van der Waals surface area contributed by atoms with E-state index in [4.69, 9.17) is 4.84 Å². The maximum atomic E-state index is 11.9. The average molecular weight is 427 g/mol. The van der Waals surface area contributed by atoms with Gasteiger partial charge in [-0.3, -0.25) is 9.82 Å². The van der Waals surface area contributed by atoms with Crippen LogP contribution in [-0.2, 0) is 21.4 Å². The Labute approximate surface area is 174 Å². The number of unbranched alkanes of at least 4 members (excludes halogenated alkanes) is 3. The van der Waals surface area contributed by atoms with Crippen molar-refractivity contribution in [1.82, 2.24) is 20.5 Å². The zero-order chi connectivity index (χ0) is 20.8. The van der Waals surface area contributed by atoms with E-state index in [-0.39, 0.29) is 11.8 Å². The third-order valence-corrected chi connectivity index (χ3v) is 6.26. The zero-order valence-electron chi connectivity index (χ0n) is 17.1. The molecule has 0 spiro atoms. The first-order valence-electron chi connectivity index (χ1n) is 10.6. The molecule has 1 aliphatic carbocycles. The lowest BCUT2D eigenvalue weighted by Gasteiger charge is -2.20. The lowest BCUT2D eigenvalue weighted by atomic mass is 9.90. The van der Waals surface area contributed by atoms with Gasteiger partial charge >= 0.3 is 6.03 Å². The first-order chi connectivity index (χ1) is 14.1.